The summed E-state index contributed by atoms with van der Waals surface area (Å²) in [4.78, 5) is 24.7. The van der Waals surface area contributed by atoms with Gasteiger partial charge in [0, 0.05) is 25.6 Å². The lowest BCUT2D eigenvalue weighted by Crippen LogP contribution is -2.40. The molecule has 0 aliphatic carbocycles. The quantitative estimate of drug-likeness (QED) is 0.906. The van der Waals surface area contributed by atoms with Crippen molar-refractivity contribution in [3.05, 3.63) is 48.0 Å². The van der Waals surface area contributed by atoms with Gasteiger partial charge >= 0.3 is 6.03 Å². The van der Waals surface area contributed by atoms with E-state index in [0.717, 1.165) is 12.0 Å². The van der Waals surface area contributed by atoms with Crippen molar-refractivity contribution in [3.63, 3.8) is 0 Å². The molecule has 3 amide bonds. The number of likely N-dealkylation sites (tertiary alicyclic amines) is 1. The summed E-state index contributed by atoms with van der Waals surface area (Å²) in [5.74, 6) is 0.0227. The van der Waals surface area contributed by atoms with Crippen molar-refractivity contribution in [2.75, 3.05) is 13.1 Å². The summed E-state index contributed by atoms with van der Waals surface area (Å²) < 4.78 is 0. The summed E-state index contributed by atoms with van der Waals surface area (Å²) in [5.41, 5.74) is 6.40. The highest BCUT2D eigenvalue weighted by molar-refractivity contribution is 5.83. The molecular weight excluding hydrogens is 290 g/mol. The number of primary amides is 1. The molecule has 2 aromatic rings. The van der Waals surface area contributed by atoms with Crippen molar-refractivity contribution in [2.24, 2.45) is 5.73 Å². The molecule has 3 rings (SSSR count). The van der Waals surface area contributed by atoms with Gasteiger partial charge in [-0.2, -0.15) is 0 Å². The number of hydrogen-bond donors (Lipinski definition) is 2. The standard InChI is InChI=1S/C18H21N3O2/c19-18(23)21-10-9-16(12-21)20-17(22)8-6-13-5-7-14-3-1-2-4-15(14)11-13/h1-5,7,11,16H,6,8-10,12H2,(H2,19,23)(H,20,22). The molecule has 5 nitrogen and oxygen atoms in total. The van der Waals surface area contributed by atoms with E-state index in [0.29, 0.717) is 25.9 Å². The molecule has 1 atom stereocenters. The Morgan fingerprint density at radius 2 is 1.96 bits per heavy atom. The first-order chi connectivity index (χ1) is 11.1. The number of benzene rings is 2. The van der Waals surface area contributed by atoms with Gasteiger partial charge in [-0.05, 0) is 29.2 Å². The zero-order valence-electron chi connectivity index (χ0n) is 13.0. The van der Waals surface area contributed by atoms with Crippen LogP contribution in [0.4, 0.5) is 4.79 Å². The molecule has 1 aliphatic rings. The molecule has 0 radical (unpaired) electrons. The predicted octanol–water partition coefficient (Wildman–Crippen LogP) is 2.04. The highest BCUT2D eigenvalue weighted by atomic mass is 16.2. The number of hydrogen-bond acceptors (Lipinski definition) is 2. The van der Waals surface area contributed by atoms with Gasteiger partial charge in [-0.15, -0.1) is 0 Å². The molecule has 120 valence electrons. The number of fused-ring (bicyclic) bond motifs is 1. The largest absolute Gasteiger partial charge is 0.352 e. The van der Waals surface area contributed by atoms with Crippen LogP contribution in [0.1, 0.15) is 18.4 Å². The highest BCUT2D eigenvalue weighted by Crippen LogP contribution is 2.16. The third-order valence-corrected chi connectivity index (χ3v) is 4.32. The Labute approximate surface area is 135 Å². The van der Waals surface area contributed by atoms with Crippen LogP contribution in [-0.2, 0) is 11.2 Å². The second-order valence-corrected chi connectivity index (χ2v) is 6.02. The zero-order chi connectivity index (χ0) is 16.2. The fraction of sp³-hybridized carbons (Fsp3) is 0.333. The zero-order valence-corrected chi connectivity index (χ0v) is 13.0. The van der Waals surface area contributed by atoms with E-state index in [-0.39, 0.29) is 11.9 Å². The molecule has 1 saturated heterocycles. The van der Waals surface area contributed by atoms with Crippen LogP contribution >= 0.6 is 0 Å². The lowest BCUT2D eigenvalue weighted by Gasteiger charge is -2.14. The maximum absolute atomic E-state index is 12.1. The molecule has 2 aromatic carbocycles. The van der Waals surface area contributed by atoms with Gasteiger partial charge in [-0.1, -0.05) is 42.5 Å². The molecule has 1 unspecified atom stereocenters. The molecule has 5 heteroatoms. The second kappa shape index (κ2) is 6.69. The number of amides is 3. The van der Waals surface area contributed by atoms with Crippen molar-refractivity contribution in [1.29, 1.82) is 0 Å². The first kappa shape index (κ1) is 15.3. The smallest absolute Gasteiger partial charge is 0.314 e. The van der Waals surface area contributed by atoms with E-state index < -0.39 is 6.03 Å². The summed E-state index contributed by atoms with van der Waals surface area (Å²) in [6, 6.07) is 14.1. The van der Waals surface area contributed by atoms with E-state index in [1.54, 1.807) is 4.90 Å². The Bertz CT molecular complexity index is 729. The molecule has 0 saturated carbocycles. The summed E-state index contributed by atoms with van der Waals surface area (Å²) in [7, 11) is 0. The van der Waals surface area contributed by atoms with Crippen molar-refractivity contribution >= 4 is 22.7 Å². The molecule has 1 aliphatic heterocycles. The van der Waals surface area contributed by atoms with Gasteiger partial charge in [0.15, 0.2) is 0 Å². The lowest BCUT2D eigenvalue weighted by atomic mass is 10.0. The number of nitrogens with zero attached hydrogens (tertiary/aromatic N) is 1. The fourth-order valence-electron chi connectivity index (χ4n) is 3.03. The summed E-state index contributed by atoms with van der Waals surface area (Å²) >= 11 is 0. The van der Waals surface area contributed by atoms with Crippen LogP contribution in [0.15, 0.2) is 42.5 Å². The molecule has 0 bridgehead atoms. The van der Waals surface area contributed by atoms with Gasteiger partial charge in [-0.3, -0.25) is 4.79 Å². The minimum Gasteiger partial charge on any atom is -0.352 e. The predicted molar refractivity (Wildman–Crippen MR) is 90.0 cm³/mol. The maximum Gasteiger partial charge on any atom is 0.314 e. The van der Waals surface area contributed by atoms with Gasteiger partial charge in [0.25, 0.3) is 0 Å². The average Bonchev–Trinajstić information content (AvgIpc) is 3.01. The third-order valence-electron chi connectivity index (χ3n) is 4.32. The second-order valence-electron chi connectivity index (χ2n) is 6.02. The topological polar surface area (TPSA) is 75.4 Å². The van der Waals surface area contributed by atoms with Crippen molar-refractivity contribution in [2.45, 2.75) is 25.3 Å². The Kier molecular flexibility index (Phi) is 4.46. The van der Waals surface area contributed by atoms with Crippen LogP contribution in [0.2, 0.25) is 0 Å². The summed E-state index contributed by atoms with van der Waals surface area (Å²) in [6.07, 6.45) is 1.93. The summed E-state index contributed by atoms with van der Waals surface area (Å²) in [6.45, 7) is 1.13. The van der Waals surface area contributed by atoms with E-state index >= 15 is 0 Å². The van der Waals surface area contributed by atoms with E-state index in [2.05, 4.69) is 35.6 Å². The number of carbonyl (C=O) groups is 2. The number of rotatable bonds is 4. The van der Waals surface area contributed by atoms with Crippen LogP contribution in [0.5, 0.6) is 0 Å². The van der Waals surface area contributed by atoms with Gasteiger partial charge in [-0.25, -0.2) is 4.79 Å². The molecule has 0 aromatic heterocycles. The number of urea groups is 1. The minimum atomic E-state index is -0.419. The van der Waals surface area contributed by atoms with Crippen LogP contribution in [0.3, 0.4) is 0 Å². The number of nitrogens with one attached hydrogen (secondary N) is 1. The van der Waals surface area contributed by atoms with E-state index in [1.165, 1.54) is 10.8 Å². The van der Waals surface area contributed by atoms with Crippen LogP contribution < -0.4 is 11.1 Å². The third kappa shape index (κ3) is 3.80. The number of carbonyl (C=O) groups excluding carboxylic acids is 2. The van der Waals surface area contributed by atoms with Gasteiger partial charge < -0.3 is 16.0 Å². The Balaban J connectivity index is 1.51. The average molecular weight is 311 g/mol. The molecule has 1 fully saturated rings. The van der Waals surface area contributed by atoms with Gasteiger partial charge in [0.1, 0.15) is 0 Å². The molecule has 0 spiro atoms. The van der Waals surface area contributed by atoms with Crippen molar-refractivity contribution < 1.29 is 9.59 Å². The van der Waals surface area contributed by atoms with E-state index in [9.17, 15) is 9.59 Å². The van der Waals surface area contributed by atoms with Gasteiger partial charge in [0.2, 0.25) is 5.91 Å². The first-order valence-corrected chi connectivity index (χ1v) is 7.93. The van der Waals surface area contributed by atoms with Crippen molar-refractivity contribution in [3.8, 4) is 0 Å². The normalized spacial score (nSPS) is 17.4. The van der Waals surface area contributed by atoms with Crippen LogP contribution in [0, 0.1) is 0 Å². The monoisotopic (exact) mass is 311 g/mol. The van der Waals surface area contributed by atoms with Gasteiger partial charge in [0.05, 0.1) is 0 Å². The first-order valence-electron chi connectivity index (χ1n) is 7.93. The van der Waals surface area contributed by atoms with Crippen molar-refractivity contribution in [1.82, 2.24) is 10.2 Å². The minimum absolute atomic E-state index is 0.0200. The van der Waals surface area contributed by atoms with Crippen LogP contribution in [0.25, 0.3) is 10.8 Å². The molecular formula is C18H21N3O2. The lowest BCUT2D eigenvalue weighted by molar-refractivity contribution is -0.121. The van der Waals surface area contributed by atoms with Crippen LogP contribution in [-0.4, -0.2) is 36.0 Å². The number of aryl methyl sites for hydroxylation is 1. The highest BCUT2D eigenvalue weighted by Gasteiger charge is 2.25. The van der Waals surface area contributed by atoms with E-state index in [4.69, 9.17) is 5.73 Å². The molecule has 3 N–H and O–H groups in total. The Hall–Kier alpha value is -2.56. The summed E-state index contributed by atoms with van der Waals surface area (Å²) in [5, 5.41) is 5.38. The SMILES string of the molecule is NC(=O)N1CCC(NC(=O)CCc2ccc3ccccc3c2)C1. The Morgan fingerprint density at radius 1 is 1.17 bits per heavy atom. The van der Waals surface area contributed by atoms with E-state index in [1.807, 2.05) is 12.1 Å². The fourth-order valence-corrected chi connectivity index (χ4v) is 3.03. The maximum atomic E-state index is 12.1. The molecule has 1 heterocycles. The Morgan fingerprint density at radius 3 is 2.70 bits per heavy atom. The molecule has 23 heavy (non-hydrogen) atoms. The number of nitrogens with two attached hydrogens (primary N) is 1.